The molecule has 0 spiro atoms. The van der Waals surface area contributed by atoms with E-state index in [9.17, 15) is 0 Å². The average Bonchev–Trinajstić information content (AvgIpc) is 2.60. The maximum Gasteiger partial charge on any atom is 0.193 e. The largest absolute Gasteiger partial charge is 0.492 e. The number of para-hydroxylation sites is 1. The summed E-state index contributed by atoms with van der Waals surface area (Å²) >= 11 is 0. The minimum absolute atomic E-state index is 0. The van der Waals surface area contributed by atoms with E-state index in [-0.39, 0.29) is 24.0 Å². The van der Waals surface area contributed by atoms with Gasteiger partial charge in [0.05, 0.1) is 6.54 Å². The van der Waals surface area contributed by atoms with Crippen molar-refractivity contribution in [3.63, 3.8) is 0 Å². The van der Waals surface area contributed by atoms with E-state index in [1.54, 1.807) is 0 Å². The summed E-state index contributed by atoms with van der Waals surface area (Å²) in [6.07, 6.45) is 4.79. The molecule has 0 radical (unpaired) electrons. The van der Waals surface area contributed by atoms with E-state index in [1.807, 2.05) is 30.3 Å². The molecule has 24 heavy (non-hydrogen) atoms. The van der Waals surface area contributed by atoms with E-state index in [1.165, 1.54) is 24.0 Å². The molecule has 0 amide bonds. The van der Waals surface area contributed by atoms with Crippen LogP contribution in [-0.4, -0.2) is 19.1 Å². The van der Waals surface area contributed by atoms with Gasteiger partial charge in [-0.1, -0.05) is 30.3 Å². The Morgan fingerprint density at radius 2 is 1.83 bits per heavy atom. The predicted molar refractivity (Wildman–Crippen MR) is 111 cm³/mol. The molecule has 0 saturated carbocycles. The molecule has 2 aromatic rings. The maximum atomic E-state index is 6.00. The molecule has 4 nitrogen and oxygen atoms in total. The first-order valence-electron chi connectivity index (χ1n) is 8.18. The van der Waals surface area contributed by atoms with Gasteiger partial charge in [0.1, 0.15) is 12.4 Å². The Morgan fingerprint density at radius 3 is 2.67 bits per heavy atom. The average molecular weight is 437 g/mol. The van der Waals surface area contributed by atoms with Gasteiger partial charge in [-0.25, -0.2) is 4.99 Å². The lowest BCUT2D eigenvalue weighted by Crippen LogP contribution is -2.25. The van der Waals surface area contributed by atoms with Crippen LogP contribution < -0.4 is 15.8 Å². The van der Waals surface area contributed by atoms with E-state index in [4.69, 9.17) is 10.5 Å². The van der Waals surface area contributed by atoms with Crippen LogP contribution >= 0.6 is 24.0 Å². The van der Waals surface area contributed by atoms with Gasteiger partial charge in [-0.15, -0.1) is 24.0 Å². The van der Waals surface area contributed by atoms with E-state index < -0.39 is 0 Å². The fourth-order valence-electron chi connectivity index (χ4n) is 2.92. The second-order valence-corrected chi connectivity index (χ2v) is 5.70. The molecule has 0 atom stereocenters. The first-order chi connectivity index (χ1) is 11.3. The Kier molecular flexibility index (Phi) is 7.36. The molecular formula is C19H24IN3O. The number of fused-ring (bicyclic) bond motifs is 1. The summed E-state index contributed by atoms with van der Waals surface area (Å²) in [6.45, 7) is 1.04. The number of nitrogens with zero attached hydrogens (tertiary/aromatic N) is 1. The Bertz CT molecular complexity index is 674. The zero-order chi connectivity index (χ0) is 15.9. The third-order valence-corrected chi connectivity index (χ3v) is 4.04. The topological polar surface area (TPSA) is 59.6 Å². The Labute approximate surface area is 160 Å². The van der Waals surface area contributed by atoms with Gasteiger partial charge in [-0.05, 0) is 55.0 Å². The summed E-state index contributed by atoms with van der Waals surface area (Å²) in [6, 6.07) is 16.1. The first kappa shape index (κ1) is 18.6. The standard InChI is InChI=1S/C19H23N3O.HI/c20-19(21-13-14-23-16-9-2-1-3-10-16)22-18-12-6-8-15-7-4-5-11-17(15)18;/h1-3,6,8-10,12H,4-5,7,11,13-14H2,(H3,20,21,22);1H. The highest BCUT2D eigenvalue weighted by Gasteiger charge is 2.12. The molecule has 0 aliphatic heterocycles. The number of halogens is 1. The van der Waals surface area contributed by atoms with E-state index >= 15 is 0 Å². The van der Waals surface area contributed by atoms with Crippen molar-refractivity contribution >= 4 is 35.6 Å². The molecule has 1 aliphatic carbocycles. The highest BCUT2D eigenvalue weighted by atomic mass is 127. The normalized spacial score (nSPS) is 13.6. The second-order valence-electron chi connectivity index (χ2n) is 5.70. The van der Waals surface area contributed by atoms with Crippen molar-refractivity contribution in [2.75, 3.05) is 18.5 Å². The van der Waals surface area contributed by atoms with Crippen LogP contribution in [0.4, 0.5) is 5.69 Å². The lowest BCUT2D eigenvalue weighted by Gasteiger charge is -2.19. The molecule has 5 heteroatoms. The van der Waals surface area contributed by atoms with Gasteiger partial charge in [0, 0.05) is 5.69 Å². The molecule has 0 heterocycles. The van der Waals surface area contributed by atoms with Gasteiger partial charge in [-0.3, -0.25) is 0 Å². The minimum atomic E-state index is 0. The van der Waals surface area contributed by atoms with Crippen molar-refractivity contribution < 1.29 is 4.74 Å². The lowest BCUT2D eigenvalue weighted by molar-refractivity contribution is 0.329. The van der Waals surface area contributed by atoms with Gasteiger partial charge in [0.2, 0.25) is 0 Å². The van der Waals surface area contributed by atoms with Crippen molar-refractivity contribution in [3.05, 3.63) is 59.7 Å². The number of nitrogens with one attached hydrogen (secondary N) is 1. The summed E-state index contributed by atoms with van der Waals surface area (Å²) in [5.41, 5.74) is 9.91. The molecule has 0 bridgehead atoms. The Balaban J connectivity index is 0.00000208. The molecule has 128 valence electrons. The second kappa shape index (κ2) is 9.52. The molecule has 0 unspecified atom stereocenters. The van der Waals surface area contributed by atoms with E-state index in [2.05, 4.69) is 28.5 Å². The number of aryl methyl sites for hydroxylation is 1. The van der Waals surface area contributed by atoms with Gasteiger partial charge >= 0.3 is 0 Å². The molecule has 0 aromatic heterocycles. The SMILES string of the molecule is I.NC(=NCCOc1ccccc1)Nc1cccc2c1CCCC2. The third-order valence-electron chi connectivity index (χ3n) is 4.04. The van der Waals surface area contributed by atoms with Gasteiger partial charge in [0.15, 0.2) is 5.96 Å². The summed E-state index contributed by atoms with van der Waals surface area (Å²) in [7, 11) is 0. The van der Waals surface area contributed by atoms with Crippen LogP contribution in [0, 0.1) is 0 Å². The molecule has 0 fully saturated rings. The molecule has 3 N–H and O–H groups in total. The van der Waals surface area contributed by atoms with Crippen molar-refractivity contribution in [1.29, 1.82) is 0 Å². The van der Waals surface area contributed by atoms with Crippen molar-refractivity contribution in [2.45, 2.75) is 25.7 Å². The minimum Gasteiger partial charge on any atom is -0.492 e. The quantitative estimate of drug-likeness (QED) is 0.322. The number of anilines is 1. The fraction of sp³-hybridized carbons (Fsp3) is 0.316. The zero-order valence-corrected chi connectivity index (χ0v) is 16.0. The summed E-state index contributed by atoms with van der Waals surface area (Å²) < 4.78 is 5.61. The third kappa shape index (κ3) is 5.12. The molecule has 3 rings (SSSR count). The lowest BCUT2D eigenvalue weighted by atomic mass is 9.90. The smallest absolute Gasteiger partial charge is 0.193 e. The number of guanidine groups is 1. The monoisotopic (exact) mass is 437 g/mol. The molecule has 1 aliphatic rings. The summed E-state index contributed by atoms with van der Waals surface area (Å²) in [4.78, 5) is 4.34. The van der Waals surface area contributed by atoms with Crippen LogP contribution in [0.5, 0.6) is 5.75 Å². The van der Waals surface area contributed by atoms with E-state index in [0.717, 1.165) is 24.3 Å². The van der Waals surface area contributed by atoms with Gasteiger partial charge < -0.3 is 15.8 Å². The highest BCUT2D eigenvalue weighted by Crippen LogP contribution is 2.27. The first-order valence-corrected chi connectivity index (χ1v) is 8.18. The van der Waals surface area contributed by atoms with Crippen molar-refractivity contribution in [1.82, 2.24) is 0 Å². The number of hydrogen-bond acceptors (Lipinski definition) is 2. The summed E-state index contributed by atoms with van der Waals surface area (Å²) in [5, 5.41) is 3.24. The van der Waals surface area contributed by atoms with Crippen LogP contribution in [0.2, 0.25) is 0 Å². The van der Waals surface area contributed by atoms with Crippen molar-refractivity contribution in [3.8, 4) is 5.75 Å². The van der Waals surface area contributed by atoms with Gasteiger partial charge in [-0.2, -0.15) is 0 Å². The van der Waals surface area contributed by atoms with Crippen LogP contribution in [-0.2, 0) is 12.8 Å². The Morgan fingerprint density at radius 1 is 1.04 bits per heavy atom. The summed E-state index contributed by atoms with van der Waals surface area (Å²) in [5.74, 6) is 1.30. The van der Waals surface area contributed by atoms with Crippen LogP contribution in [0.25, 0.3) is 0 Å². The predicted octanol–water partition coefficient (Wildman–Crippen LogP) is 3.99. The number of nitrogens with two attached hydrogens (primary N) is 1. The van der Waals surface area contributed by atoms with Crippen molar-refractivity contribution in [2.24, 2.45) is 10.7 Å². The number of ether oxygens (including phenoxy) is 1. The van der Waals surface area contributed by atoms with E-state index in [0.29, 0.717) is 19.1 Å². The van der Waals surface area contributed by atoms with Crippen LogP contribution in [0.3, 0.4) is 0 Å². The number of aliphatic imine (C=N–C) groups is 1. The highest BCUT2D eigenvalue weighted by molar-refractivity contribution is 14.0. The fourth-order valence-corrected chi connectivity index (χ4v) is 2.92. The zero-order valence-electron chi connectivity index (χ0n) is 13.7. The Hall–Kier alpha value is -1.76. The van der Waals surface area contributed by atoms with Crippen LogP contribution in [0.1, 0.15) is 24.0 Å². The number of rotatable bonds is 5. The van der Waals surface area contributed by atoms with Gasteiger partial charge in [0.25, 0.3) is 0 Å². The van der Waals surface area contributed by atoms with Crippen LogP contribution in [0.15, 0.2) is 53.5 Å². The molecule has 2 aromatic carbocycles. The number of benzene rings is 2. The molecular weight excluding hydrogens is 413 g/mol. The maximum absolute atomic E-state index is 6.00. The number of hydrogen-bond donors (Lipinski definition) is 2. The molecule has 0 saturated heterocycles.